The molecule has 2 aromatic carbocycles. The van der Waals surface area contributed by atoms with Gasteiger partial charge in [0.05, 0.1) is 11.5 Å². The molecule has 184 valence electrons. The number of aromatic nitrogens is 2. The maximum absolute atomic E-state index is 13.1. The Morgan fingerprint density at radius 2 is 1.69 bits per heavy atom. The highest BCUT2D eigenvalue weighted by Gasteiger charge is 2.32. The Bertz CT molecular complexity index is 1200. The third kappa shape index (κ3) is 7.32. The Labute approximate surface area is 198 Å². The van der Waals surface area contributed by atoms with Crippen molar-refractivity contribution in [2.24, 2.45) is 5.92 Å². The number of amides is 2. The summed E-state index contributed by atoms with van der Waals surface area (Å²) >= 11 is 0. The van der Waals surface area contributed by atoms with Gasteiger partial charge in [0.2, 0.25) is 5.88 Å². The van der Waals surface area contributed by atoms with Crippen LogP contribution in [0.3, 0.4) is 0 Å². The first-order valence-electron chi connectivity index (χ1n) is 10.3. The Kier molecular flexibility index (Phi) is 7.74. The Morgan fingerprint density at radius 1 is 1.03 bits per heavy atom. The number of nitrogens with one attached hydrogen (secondary N) is 3. The number of halogens is 3. The summed E-state index contributed by atoms with van der Waals surface area (Å²) in [6.07, 6.45) is -3.26. The third-order valence-electron chi connectivity index (χ3n) is 4.79. The molecule has 2 amide bonds. The minimum absolute atomic E-state index is 0.00584. The van der Waals surface area contributed by atoms with Crippen molar-refractivity contribution >= 4 is 29.2 Å². The molecule has 0 bridgehead atoms. The van der Waals surface area contributed by atoms with Gasteiger partial charge in [-0.2, -0.15) is 13.2 Å². The number of urea groups is 1. The maximum atomic E-state index is 13.1. The number of nitrogens with zero attached hydrogens (tertiary/aromatic N) is 2. The number of alkyl halides is 3. The summed E-state index contributed by atoms with van der Waals surface area (Å²) in [5.41, 5.74) is -0.381. The van der Waals surface area contributed by atoms with Crippen LogP contribution in [0, 0.1) is 12.8 Å². The van der Waals surface area contributed by atoms with Gasteiger partial charge in [0.25, 0.3) is 0 Å². The number of carboxylic acids is 1. The van der Waals surface area contributed by atoms with Gasteiger partial charge >= 0.3 is 18.2 Å². The molecule has 4 N–H and O–H groups in total. The number of anilines is 3. The van der Waals surface area contributed by atoms with Crippen molar-refractivity contribution in [3.63, 3.8) is 0 Å². The summed E-state index contributed by atoms with van der Waals surface area (Å²) in [6, 6.07) is 10.5. The van der Waals surface area contributed by atoms with Crippen molar-refractivity contribution in [3.8, 4) is 11.6 Å². The number of rotatable bonds is 8. The molecule has 3 aromatic rings. The molecule has 0 saturated heterocycles. The van der Waals surface area contributed by atoms with Gasteiger partial charge < -0.3 is 25.8 Å². The monoisotopic (exact) mass is 489 g/mol. The van der Waals surface area contributed by atoms with E-state index in [1.807, 2.05) is 0 Å². The molecule has 3 rings (SSSR count). The first kappa shape index (κ1) is 25.3. The number of hydrogen-bond donors (Lipinski definition) is 4. The van der Waals surface area contributed by atoms with E-state index in [4.69, 9.17) is 9.84 Å². The van der Waals surface area contributed by atoms with E-state index in [2.05, 4.69) is 25.9 Å². The van der Waals surface area contributed by atoms with Crippen LogP contribution in [0.4, 0.5) is 35.2 Å². The largest absolute Gasteiger partial charge is 0.481 e. The smallest absolute Gasteiger partial charge is 0.416 e. The van der Waals surface area contributed by atoms with Gasteiger partial charge in [-0.15, -0.1) is 0 Å². The molecule has 0 unspecified atom stereocenters. The highest BCUT2D eigenvalue weighted by molar-refractivity contribution is 5.99. The second-order valence-electron chi connectivity index (χ2n) is 7.59. The van der Waals surface area contributed by atoms with Gasteiger partial charge in [-0.25, -0.2) is 14.8 Å². The summed E-state index contributed by atoms with van der Waals surface area (Å²) in [5, 5.41) is 16.7. The van der Waals surface area contributed by atoms with Crippen LogP contribution in [0.15, 0.2) is 54.9 Å². The Morgan fingerprint density at radius 3 is 2.34 bits per heavy atom. The van der Waals surface area contributed by atoms with Gasteiger partial charge in [-0.1, -0.05) is 13.0 Å². The van der Waals surface area contributed by atoms with Gasteiger partial charge in [-0.05, 0) is 48.9 Å². The quantitative estimate of drug-likeness (QED) is 0.335. The van der Waals surface area contributed by atoms with Crippen LogP contribution in [0.2, 0.25) is 0 Å². The zero-order valence-corrected chi connectivity index (χ0v) is 18.7. The van der Waals surface area contributed by atoms with Gasteiger partial charge in [0.1, 0.15) is 17.9 Å². The van der Waals surface area contributed by atoms with Crippen LogP contribution < -0.4 is 20.7 Å². The second kappa shape index (κ2) is 10.7. The summed E-state index contributed by atoms with van der Waals surface area (Å²) in [6.45, 7) is 3.08. The maximum Gasteiger partial charge on any atom is 0.416 e. The SMILES string of the molecule is Cc1ccc(NC(=O)Nc2ccc(Oc3cc(NC[C@H](C)C(=O)O)ncn3)cc2)cc1C(F)(F)F. The molecular weight excluding hydrogens is 467 g/mol. The van der Waals surface area contributed by atoms with E-state index in [0.29, 0.717) is 17.3 Å². The average molecular weight is 489 g/mol. The van der Waals surface area contributed by atoms with Crippen LogP contribution in [0.1, 0.15) is 18.1 Å². The van der Waals surface area contributed by atoms with Gasteiger partial charge in [0, 0.05) is 24.0 Å². The van der Waals surface area contributed by atoms with E-state index in [0.717, 1.165) is 6.07 Å². The fraction of sp³-hybridized carbons (Fsp3) is 0.217. The normalized spacial score (nSPS) is 11.9. The average Bonchev–Trinajstić information content (AvgIpc) is 2.79. The van der Waals surface area contributed by atoms with Crippen LogP contribution in [0.25, 0.3) is 0 Å². The van der Waals surface area contributed by atoms with Crippen LogP contribution in [-0.4, -0.2) is 33.6 Å². The lowest BCUT2D eigenvalue weighted by atomic mass is 10.1. The highest BCUT2D eigenvalue weighted by Crippen LogP contribution is 2.33. The molecule has 9 nitrogen and oxygen atoms in total. The molecule has 0 saturated carbocycles. The number of aliphatic carboxylic acids is 1. The second-order valence-corrected chi connectivity index (χ2v) is 7.59. The molecule has 0 aliphatic heterocycles. The minimum Gasteiger partial charge on any atom is -0.481 e. The molecule has 12 heteroatoms. The van der Waals surface area contributed by atoms with E-state index in [1.165, 1.54) is 31.5 Å². The van der Waals surface area contributed by atoms with Crippen molar-refractivity contribution in [1.29, 1.82) is 0 Å². The van der Waals surface area contributed by atoms with Crippen LogP contribution in [-0.2, 0) is 11.0 Å². The predicted molar refractivity (Wildman–Crippen MR) is 123 cm³/mol. The van der Waals surface area contributed by atoms with E-state index >= 15 is 0 Å². The Hall–Kier alpha value is -4.35. The molecular formula is C23H22F3N5O4. The van der Waals surface area contributed by atoms with E-state index in [9.17, 15) is 22.8 Å². The predicted octanol–water partition coefficient (Wildman–Crippen LogP) is 5.37. The topological polar surface area (TPSA) is 125 Å². The number of aryl methyl sites for hydroxylation is 1. The van der Waals surface area contributed by atoms with Crippen molar-refractivity contribution in [3.05, 3.63) is 66.0 Å². The molecule has 0 aliphatic rings. The summed E-state index contributed by atoms with van der Waals surface area (Å²) < 4.78 is 44.8. The van der Waals surface area contributed by atoms with Crippen molar-refractivity contribution < 1.29 is 32.6 Å². The van der Waals surface area contributed by atoms with Crippen molar-refractivity contribution in [2.45, 2.75) is 20.0 Å². The van der Waals surface area contributed by atoms with Crippen molar-refractivity contribution in [2.75, 3.05) is 22.5 Å². The van der Waals surface area contributed by atoms with Crippen LogP contribution in [0.5, 0.6) is 11.6 Å². The summed E-state index contributed by atoms with van der Waals surface area (Å²) in [4.78, 5) is 31.1. The first-order chi connectivity index (χ1) is 16.5. The molecule has 0 radical (unpaired) electrons. The highest BCUT2D eigenvalue weighted by atomic mass is 19.4. The third-order valence-corrected chi connectivity index (χ3v) is 4.79. The van der Waals surface area contributed by atoms with E-state index in [1.54, 1.807) is 31.2 Å². The van der Waals surface area contributed by atoms with Crippen molar-refractivity contribution in [1.82, 2.24) is 9.97 Å². The zero-order chi connectivity index (χ0) is 25.6. The number of benzene rings is 2. The summed E-state index contributed by atoms with van der Waals surface area (Å²) in [5.74, 6) is -0.543. The molecule has 1 heterocycles. The molecule has 0 spiro atoms. The molecule has 1 atom stereocenters. The standard InChI is InChI=1S/C23H22F3N5O4/c1-13-3-4-16(9-18(13)23(24,25)26)31-22(34)30-15-5-7-17(8-6-15)35-20-10-19(28-12-29-20)27-11-14(2)21(32)33/h3-10,12,14H,11H2,1-2H3,(H,32,33)(H,27,28,29)(H2,30,31,34)/t14-/m0/s1. The fourth-order valence-corrected chi connectivity index (χ4v) is 2.86. The lowest BCUT2D eigenvalue weighted by Crippen LogP contribution is -2.20. The zero-order valence-electron chi connectivity index (χ0n) is 18.7. The number of ether oxygens (including phenoxy) is 1. The number of carbonyl (C=O) groups excluding carboxylic acids is 1. The Balaban J connectivity index is 1.57. The summed E-state index contributed by atoms with van der Waals surface area (Å²) in [7, 11) is 0. The van der Waals surface area contributed by atoms with E-state index < -0.39 is 29.7 Å². The van der Waals surface area contributed by atoms with Gasteiger partial charge in [-0.3, -0.25) is 4.79 Å². The molecule has 1 aromatic heterocycles. The number of carboxylic acid groups (broad SMARTS) is 1. The number of hydrogen-bond acceptors (Lipinski definition) is 6. The van der Waals surface area contributed by atoms with Gasteiger partial charge in [0.15, 0.2) is 0 Å². The molecule has 0 aliphatic carbocycles. The molecule has 35 heavy (non-hydrogen) atoms. The molecule has 0 fully saturated rings. The lowest BCUT2D eigenvalue weighted by Gasteiger charge is -2.13. The lowest BCUT2D eigenvalue weighted by molar-refractivity contribution is -0.140. The minimum atomic E-state index is -4.52. The van der Waals surface area contributed by atoms with E-state index in [-0.39, 0.29) is 23.7 Å². The fourth-order valence-electron chi connectivity index (χ4n) is 2.86. The first-order valence-corrected chi connectivity index (χ1v) is 10.3. The van der Waals surface area contributed by atoms with Crippen LogP contribution >= 0.6 is 0 Å². The number of carbonyl (C=O) groups is 2.